The summed E-state index contributed by atoms with van der Waals surface area (Å²) in [5.74, 6) is 1.37. The molecule has 0 spiro atoms. The highest BCUT2D eigenvalue weighted by atomic mass is 19.1. The van der Waals surface area contributed by atoms with Gasteiger partial charge in [-0.3, -0.25) is 0 Å². The van der Waals surface area contributed by atoms with E-state index >= 15 is 0 Å². The Morgan fingerprint density at radius 2 is 1.79 bits per heavy atom. The van der Waals surface area contributed by atoms with Gasteiger partial charge in [0.1, 0.15) is 11.6 Å². The summed E-state index contributed by atoms with van der Waals surface area (Å²) in [6.07, 6.45) is 5.32. The summed E-state index contributed by atoms with van der Waals surface area (Å²) in [5, 5.41) is 3.16. The minimum atomic E-state index is -0.582. The van der Waals surface area contributed by atoms with E-state index in [0.29, 0.717) is 5.56 Å². The summed E-state index contributed by atoms with van der Waals surface area (Å²) in [6, 6.07) is 10.6. The number of anilines is 1. The topological polar surface area (TPSA) is 12.0 Å². The van der Waals surface area contributed by atoms with Crippen LogP contribution in [0.15, 0.2) is 42.5 Å². The first-order chi connectivity index (χ1) is 9.08. The van der Waals surface area contributed by atoms with Crippen molar-refractivity contribution in [2.75, 3.05) is 5.32 Å². The van der Waals surface area contributed by atoms with Gasteiger partial charge in [0.05, 0.1) is 0 Å². The monoisotopic (exact) mass is 257 g/mol. The molecule has 1 atom stereocenters. The molecular weight excluding hydrogens is 244 g/mol. The van der Waals surface area contributed by atoms with E-state index in [1.54, 1.807) is 0 Å². The Labute approximate surface area is 111 Å². The Bertz CT molecular complexity index is 609. The Balaban J connectivity index is 2.20. The lowest BCUT2D eigenvalue weighted by atomic mass is 10.1. The number of rotatable bonds is 3. The predicted octanol–water partition coefficient (Wildman–Crippen LogP) is 4.12. The van der Waals surface area contributed by atoms with E-state index in [0.717, 1.165) is 17.3 Å². The first-order valence-electron chi connectivity index (χ1n) is 5.87. The van der Waals surface area contributed by atoms with Gasteiger partial charge in [0, 0.05) is 23.4 Å². The molecule has 0 aromatic heterocycles. The Morgan fingerprint density at radius 1 is 1.11 bits per heavy atom. The highest BCUT2D eigenvalue weighted by molar-refractivity contribution is 5.51. The van der Waals surface area contributed by atoms with Gasteiger partial charge in [-0.1, -0.05) is 12.0 Å². The summed E-state index contributed by atoms with van der Waals surface area (Å²) in [7, 11) is 0. The van der Waals surface area contributed by atoms with E-state index < -0.39 is 11.6 Å². The fourth-order valence-electron chi connectivity index (χ4n) is 1.86. The molecule has 0 aliphatic rings. The van der Waals surface area contributed by atoms with Gasteiger partial charge in [-0.05, 0) is 42.8 Å². The first kappa shape index (κ1) is 13.1. The second kappa shape index (κ2) is 5.53. The van der Waals surface area contributed by atoms with E-state index in [4.69, 9.17) is 6.42 Å². The van der Waals surface area contributed by atoms with Crippen LogP contribution in [0.1, 0.15) is 24.1 Å². The third-order valence-electron chi connectivity index (χ3n) is 2.80. The smallest absolute Gasteiger partial charge is 0.126 e. The van der Waals surface area contributed by atoms with E-state index in [1.165, 1.54) is 12.1 Å². The highest BCUT2D eigenvalue weighted by Gasteiger charge is 2.08. The molecule has 0 saturated carbocycles. The van der Waals surface area contributed by atoms with Crippen molar-refractivity contribution in [1.29, 1.82) is 0 Å². The van der Waals surface area contributed by atoms with E-state index in [9.17, 15) is 8.78 Å². The van der Waals surface area contributed by atoms with Gasteiger partial charge in [-0.25, -0.2) is 8.78 Å². The molecule has 0 radical (unpaired) electrons. The van der Waals surface area contributed by atoms with Crippen LogP contribution in [0.3, 0.4) is 0 Å². The number of hydrogen-bond donors (Lipinski definition) is 1. The van der Waals surface area contributed by atoms with Gasteiger partial charge in [-0.15, -0.1) is 6.42 Å². The lowest BCUT2D eigenvalue weighted by Gasteiger charge is -2.16. The Hall–Kier alpha value is -2.34. The molecule has 2 aromatic rings. The van der Waals surface area contributed by atoms with Crippen LogP contribution in [0.4, 0.5) is 14.5 Å². The molecule has 2 rings (SSSR count). The van der Waals surface area contributed by atoms with E-state index in [2.05, 4.69) is 11.2 Å². The van der Waals surface area contributed by atoms with Crippen LogP contribution in [0.5, 0.6) is 0 Å². The van der Waals surface area contributed by atoms with Crippen LogP contribution in [0, 0.1) is 24.0 Å². The van der Waals surface area contributed by atoms with Crippen LogP contribution in [0.25, 0.3) is 0 Å². The largest absolute Gasteiger partial charge is 0.378 e. The Morgan fingerprint density at radius 3 is 2.42 bits per heavy atom. The average Bonchev–Trinajstić information content (AvgIpc) is 2.37. The molecule has 0 amide bonds. The molecule has 96 valence electrons. The van der Waals surface area contributed by atoms with Crippen LogP contribution in [0.2, 0.25) is 0 Å². The van der Waals surface area contributed by atoms with Crippen molar-refractivity contribution in [3.8, 4) is 12.3 Å². The number of terminal acetylenes is 1. The van der Waals surface area contributed by atoms with Crippen molar-refractivity contribution in [3.63, 3.8) is 0 Å². The van der Waals surface area contributed by atoms with Crippen molar-refractivity contribution >= 4 is 5.69 Å². The van der Waals surface area contributed by atoms with Crippen LogP contribution >= 0.6 is 0 Å². The number of hydrogen-bond acceptors (Lipinski definition) is 1. The molecule has 0 bridgehead atoms. The van der Waals surface area contributed by atoms with Crippen molar-refractivity contribution in [3.05, 3.63) is 65.2 Å². The first-order valence-corrected chi connectivity index (χ1v) is 5.87. The third-order valence-corrected chi connectivity index (χ3v) is 2.80. The average molecular weight is 257 g/mol. The zero-order valence-electron chi connectivity index (χ0n) is 10.5. The molecule has 0 aliphatic carbocycles. The van der Waals surface area contributed by atoms with Gasteiger partial charge in [0.15, 0.2) is 0 Å². The van der Waals surface area contributed by atoms with Crippen molar-refractivity contribution in [1.82, 2.24) is 0 Å². The second-order valence-electron chi connectivity index (χ2n) is 4.29. The third kappa shape index (κ3) is 3.32. The molecule has 19 heavy (non-hydrogen) atoms. The van der Waals surface area contributed by atoms with Crippen molar-refractivity contribution in [2.24, 2.45) is 0 Å². The molecular formula is C16H13F2N. The van der Waals surface area contributed by atoms with Gasteiger partial charge in [0.25, 0.3) is 0 Å². The molecule has 0 saturated heterocycles. The summed E-state index contributed by atoms with van der Waals surface area (Å²) >= 11 is 0. The van der Waals surface area contributed by atoms with Gasteiger partial charge in [0.2, 0.25) is 0 Å². The van der Waals surface area contributed by atoms with E-state index in [1.807, 2.05) is 31.2 Å². The number of benzene rings is 2. The molecule has 1 nitrogen and oxygen atoms in total. The van der Waals surface area contributed by atoms with Crippen molar-refractivity contribution in [2.45, 2.75) is 13.0 Å². The minimum absolute atomic E-state index is 0.224. The lowest BCUT2D eigenvalue weighted by Crippen LogP contribution is -2.07. The summed E-state index contributed by atoms with van der Waals surface area (Å²) in [6.45, 7) is 1.83. The quantitative estimate of drug-likeness (QED) is 0.816. The molecule has 0 heterocycles. The maximum atomic E-state index is 13.2. The molecule has 0 fully saturated rings. The standard InChI is InChI=1S/C16H13F2N/c1-3-12-5-4-6-16(7-12)19-11(2)13-8-14(17)10-15(18)9-13/h1,4-11,19H,2H3. The minimum Gasteiger partial charge on any atom is -0.378 e. The SMILES string of the molecule is C#Cc1cccc(NC(C)c2cc(F)cc(F)c2)c1. The Kier molecular flexibility index (Phi) is 3.82. The highest BCUT2D eigenvalue weighted by Crippen LogP contribution is 2.21. The summed E-state index contributed by atoms with van der Waals surface area (Å²) < 4.78 is 26.3. The summed E-state index contributed by atoms with van der Waals surface area (Å²) in [4.78, 5) is 0. The zero-order chi connectivity index (χ0) is 13.8. The second-order valence-corrected chi connectivity index (χ2v) is 4.29. The molecule has 1 unspecified atom stereocenters. The molecule has 0 aliphatic heterocycles. The van der Waals surface area contributed by atoms with Crippen LogP contribution < -0.4 is 5.32 Å². The fraction of sp³-hybridized carbons (Fsp3) is 0.125. The number of nitrogens with one attached hydrogen (secondary N) is 1. The van der Waals surface area contributed by atoms with Gasteiger partial charge in [-0.2, -0.15) is 0 Å². The maximum Gasteiger partial charge on any atom is 0.126 e. The molecule has 3 heteroatoms. The predicted molar refractivity (Wildman–Crippen MR) is 72.8 cm³/mol. The van der Waals surface area contributed by atoms with E-state index in [-0.39, 0.29) is 6.04 Å². The lowest BCUT2D eigenvalue weighted by molar-refractivity contribution is 0.577. The molecule has 1 N–H and O–H groups in total. The maximum absolute atomic E-state index is 13.2. The summed E-state index contributed by atoms with van der Waals surface area (Å²) in [5.41, 5.74) is 2.11. The number of halogens is 2. The van der Waals surface area contributed by atoms with Gasteiger partial charge >= 0.3 is 0 Å². The van der Waals surface area contributed by atoms with Crippen LogP contribution in [-0.4, -0.2) is 0 Å². The normalized spacial score (nSPS) is 11.7. The zero-order valence-corrected chi connectivity index (χ0v) is 10.5. The molecule has 2 aromatic carbocycles. The van der Waals surface area contributed by atoms with Crippen LogP contribution in [-0.2, 0) is 0 Å². The van der Waals surface area contributed by atoms with Gasteiger partial charge < -0.3 is 5.32 Å². The van der Waals surface area contributed by atoms with Crippen molar-refractivity contribution < 1.29 is 8.78 Å². The fourth-order valence-corrected chi connectivity index (χ4v) is 1.86.